The SMILES string of the molecule is CC(C)N1CCN(c2cc(Cl)cc(C#N)c2[N+](=O)[O-])CC1. The molecule has 1 aliphatic rings. The highest BCUT2D eigenvalue weighted by Crippen LogP contribution is 2.35. The molecule has 6 nitrogen and oxygen atoms in total. The van der Waals surface area contributed by atoms with Gasteiger partial charge in [0.25, 0.3) is 0 Å². The smallest absolute Gasteiger partial charge is 0.310 e. The average Bonchev–Trinajstić information content (AvgIpc) is 2.45. The Morgan fingerprint density at radius 3 is 2.43 bits per heavy atom. The molecule has 0 radical (unpaired) electrons. The molecule has 1 heterocycles. The Bertz CT molecular complexity index is 589. The highest BCUT2D eigenvalue weighted by molar-refractivity contribution is 6.31. The lowest BCUT2D eigenvalue weighted by molar-refractivity contribution is -0.384. The number of nitro groups is 1. The summed E-state index contributed by atoms with van der Waals surface area (Å²) in [6, 6.07) is 5.23. The van der Waals surface area contributed by atoms with Gasteiger partial charge in [-0.3, -0.25) is 15.0 Å². The number of rotatable bonds is 3. The van der Waals surface area contributed by atoms with Crippen LogP contribution >= 0.6 is 11.6 Å². The maximum absolute atomic E-state index is 11.3. The number of piperazine rings is 1. The van der Waals surface area contributed by atoms with E-state index in [2.05, 4.69) is 18.7 Å². The average molecular weight is 309 g/mol. The van der Waals surface area contributed by atoms with Gasteiger partial charge in [0.05, 0.1) is 4.92 Å². The van der Waals surface area contributed by atoms with Crippen LogP contribution in [0.1, 0.15) is 19.4 Å². The topological polar surface area (TPSA) is 73.4 Å². The molecule has 2 rings (SSSR count). The van der Waals surface area contributed by atoms with Gasteiger partial charge in [-0.25, -0.2) is 0 Å². The number of hydrogen-bond donors (Lipinski definition) is 0. The van der Waals surface area contributed by atoms with Gasteiger partial charge in [-0.1, -0.05) is 11.6 Å². The molecule has 1 aliphatic heterocycles. The quantitative estimate of drug-likeness (QED) is 0.634. The van der Waals surface area contributed by atoms with E-state index in [1.54, 1.807) is 6.07 Å². The van der Waals surface area contributed by atoms with Crippen LogP contribution in [0.5, 0.6) is 0 Å². The van der Waals surface area contributed by atoms with Gasteiger partial charge in [-0.15, -0.1) is 0 Å². The molecule has 1 aromatic rings. The number of anilines is 1. The Morgan fingerprint density at radius 2 is 1.95 bits per heavy atom. The summed E-state index contributed by atoms with van der Waals surface area (Å²) >= 11 is 5.99. The molecule has 0 N–H and O–H groups in total. The lowest BCUT2D eigenvalue weighted by atomic mass is 10.1. The second-order valence-electron chi connectivity index (χ2n) is 5.31. The predicted molar refractivity (Wildman–Crippen MR) is 81.7 cm³/mol. The Labute approximate surface area is 128 Å². The zero-order valence-electron chi connectivity index (χ0n) is 12.0. The van der Waals surface area contributed by atoms with Gasteiger partial charge in [-0.2, -0.15) is 5.26 Å². The lowest BCUT2D eigenvalue weighted by Gasteiger charge is -2.37. The second kappa shape index (κ2) is 6.29. The Kier molecular flexibility index (Phi) is 4.66. The van der Waals surface area contributed by atoms with E-state index in [1.807, 2.05) is 11.0 Å². The molecule has 0 aromatic heterocycles. The summed E-state index contributed by atoms with van der Waals surface area (Å²) in [5.41, 5.74) is 0.293. The van der Waals surface area contributed by atoms with Crippen LogP contribution in [-0.4, -0.2) is 42.0 Å². The third kappa shape index (κ3) is 3.26. The fraction of sp³-hybridized carbons (Fsp3) is 0.500. The summed E-state index contributed by atoms with van der Waals surface area (Å²) in [6.07, 6.45) is 0. The molecule has 1 aromatic carbocycles. The summed E-state index contributed by atoms with van der Waals surface area (Å²) < 4.78 is 0. The predicted octanol–water partition coefficient (Wildman–Crippen LogP) is 2.65. The minimum atomic E-state index is -0.501. The number of nitriles is 1. The molecular weight excluding hydrogens is 292 g/mol. The van der Waals surface area contributed by atoms with Crippen molar-refractivity contribution in [1.82, 2.24) is 4.90 Å². The fourth-order valence-electron chi connectivity index (χ4n) is 2.58. The van der Waals surface area contributed by atoms with E-state index in [1.165, 1.54) is 6.07 Å². The van der Waals surface area contributed by atoms with Gasteiger partial charge >= 0.3 is 5.69 Å². The van der Waals surface area contributed by atoms with Gasteiger partial charge in [0, 0.05) is 37.2 Å². The van der Waals surface area contributed by atoms with Crippen molar-refractivity contribution in [2.45, 2.75) is 19.9 Å². The summed E-state index contributed by atoms with van der Waals surface area (Å²) in [7, 11) is 0. The van der Waals surface area contributed by atoms with Crippen molar-refractivity contribution in [3.05, 3.63) is 32.8 Å². The molecule has 0 atom stereocenters. The Hall–Kier alpha value is -1.84. The maximum atomic E-state index is 11.3. The molecule has 21 heavy (non-hydrogen) atoms. The first kappa shape index (κ1) is 15.5. The minimum Gasteiger partial charge on any atom is -0.363 e. The molecule has 0 bridgehead atoms. The van der Waals surface area contributed by atoms with Crippen LogP contribution in [0.25, 0.3) is 0 Å². The first-order chi connectivity index (χ1) is 9.93. The molecule has 0 spiro atoms. The molecule has 0 saturated carbocycles. The van der Waals surface area contributed by atoms with Crippen LogP contribution < -0.4 is 4.90 Å². The largest absolute Gasteiger partial charge is 0.363 e. The van der Waals surface area contributed by atoms with Gasteiger partial charge in [0.1, 0.15) is 17.3 Å². The number of halogens is 1. The maximum Gasteiger partial charge on any atom is 0.310 e. The molecular formula is C14H17ClN4O2. The van der Waals surface area contributed by atoms with Crippen LogP contribution in [0.2, 0.25) is 5.02 Å². The third-order valence-electron chi connectivity index (χ3n) is 3.74. The van der Waals surface area contributed by atoms with Gasteiger partial charge < -0.3 is 4.90 Å². The van der Waals surface area contributed by atoms with E-state index < -0.39 is 4.92 Å². The number of nitro benzene ring substituents is 1. The van der Waals surface area contributed by atoms with Crippen molar-refractivity contribution in [1.29, 1.82) is 5.26 Å². The third-order valence-corrected chi connectivity index (χ3v) is 3.96. The van der Waals surface area contributed by atoms with E-state index in [0.717, 1.165) is 13.1 Å². The number of hydrogen-bond acceptors (Lipinski definition) is 5. The van der Waals surface area contributed by atoms with Crippen molar-refractivity contribution in [2.75, 3.05) is 31.1 Å². The Balaban J connectivity index is 2.34. The van der Waals surface area contributed by atoms with Crippen molar-refractivity contribution in [3.8, 4) is 6.07 Å². The number of nitrogens with zero attached hydrogens (tertiary/aromatic N) is 4. The van der Waals surface area contributed by atoms with E-state index in [-0.39, 0.29) is 11.3 Å². The number of benzene rings is 1. The zero-order chi connectivity index (χ0) is 15.6. The van der Waals surface area contributed by atoms with Crippen LogP contribution in [0.4, 0.5) is 11.4 Å². The minimum absolute atomic E-state index is 0.00814. The monoisotopic (exact) mass is 308 g/mol. The Morgan fingerprint density at radius 1 is 1.33 bits per heavy atom. The van der Waals surface area contributed by atoms with E-state index >= 15 is 0 Å². The van der Waals surface area contributed by atoms with Crippen molar-refractivity contribution in [3.63, 3.8) is 0 Å². The first-order valence-electron chi connectivity index (χ1n) is 6.81. The van der Waals surface area contributed by atoms with Crippen molar-refractivity contribution >= 4 is 23.0 Å². The molecule has 1 saturated heterocycles. The summed E-state index contributed by atoms with van der Waals surface area (Å²) in [5.74, 6) is 0. The molecule has 7 heteroatoms. The summed E-state index contributed by atoms with van der Waals surface area (Å²) in [5, 5.41) is 20.7. The van der Waals surface area contributed by atoms with Crippen LogP contribution in [0.15, 0.2) is 12.1 Å². The molecule has 0 aliphatic carbocycles. The van der Waals surface area contributed by atoms with E-state index in [9.17, 15) is 10.1 Å². The fourth-order valence-corrected chi connectivity index (χ4v) is 2.79. The standard InChI is InChI=1S/C14H17ClN4O2/c1-10(2)17-3-5-18(6-4-17)13-8-12(15)7-11(9-16)14(13)19(20)21/h7-8,10H,3-6H2,1-2H3. The van der Waals surface area contributed by atoms with Crippen LogP contribution in [-0.2, 0) is 0 Å². The van der Waals surface area contributed by atoms with E-state index in [0.29, 0.717) is 29.8 Å². The lowest BCUT2D eigenvalue weighted by Crippen LogP contribution is -2.49. The van der Waals surface area contributed by atoms with Crippen molar-refractivity contribution in [2.24, 2.45) is 0 Å². The summed E-state index contributed by atoms with van der Waals surface area (Å²) in [4.78, 5) is 15.1. The molecule has 112 valence electrons. The second-order valence-corrected chi connectivity index (χ2v) is 5.74. The van der Waals surface area contributed by atoms with Crippen LogP contribution in [0, 0.1) is 21.4 Å². The normalized spacial score (nSPS) is 16.0. The van der Waals surface area contributed by atoms with Gasteiger partial charge in [-0.05, 0) is 26.0 Å². The molecule has 0 amide bonds. The van der Waals surface area contributed by atoms with Gasteiger partial charge in [0.15, 0.2) is 0 Å². The highest BCUT2D eigenvalue weighted by Gasteiger charge is 2.28. The highest BCUT2D eigenvalue weighted by atomic mass is 35.5. The van der Waals surface area contributed by atoms with Gasteiger partial charge in [0.2, 0.25) is 0 Å². The molecule has 0 unspecified atom stereocenters. The van der Waals surface area contributed by atoms with E-state index in [4.69, 9.17) is 16.9 Å². The molecule has 1 fully saturated rings. The first-order valence-corrected chi connectivity index (χ1v) is 7.19. The van der Waals surface area contributed by atoms with Crippen LogP contribution in [0.3, 0.4) is 0 Å². The van der Waals surface area contributed by atoms with Crippen molar-refractivity contribution < 1.29 is 4.92 Å². The summed E-state index contributed by atoms with van der Waals surface area (Å²) in [6.45, 7) is 7.30. The zero-order valence-corrected chi connectivity index (χ0v) is 12.8.